The van der Waals surface area contributed by atoms with Crippen molar-refractivity contribution in [2.75, 3.05) is 32.8 Å². The molecule has 1 aromatic heterocycles. The van der Waals surface area contributed by atoms with Crippen LogP contribution in [0, 0.1) is 0 Å². The molecule has 1 aromatic carbocycles. The predicted molar refractivity (Wildman–Crippen MR) is 87.1 cm³/mol. The van der Waals surface area contributed by atoms with Gasteiger partial charge in [-0.05, 0) is 31.5 Å². The molecule has 1 fully saturated rings. The van der Waals surface area contributed by atoms with E-state index in [2.05, 4.69) is 34.0 Å². The molecule has 1 aliphatic rings. The van der Waals surface area contributed by atoms with Gasteiger partial charge in [-0.25, -0.2) is 4.79 Å². The highest BCUT2D eigenvalue weighted by molar-refractivity contribution is 5.74. The average Bonchev–Trinajstić information content (AvgIpc) is 2.87. The molecular weight excluding hydrogens is 280 g/mol. The quantitative estimate of drug-likeness (QED) is 0.772. The molecule has 0 aliphatic carbocycles. The average molecular weight is 304 g/mol. The Balaban J connectivity index is 1.57. The summed E-state index contributed by atoms with van der Waals surface area (Å²) >= 11 is 0. The van der Waals surface area contributed by atoms with Crippen LogP contribution in [0.5, 0.6) is 0 Å². The number of H-pyrrole nitrogens is 2. The summed E-state index contributed by atoms with van der Waals surface area (Å²) in [4.78, 5) is 19.3. The van der Waals surface area contributed by atoms with Gasteiger partial charge >= 0.3 is 5.69 Å². The maximum absolute atomic E-state index is 11.3. The highest BCUT2D eigenvalue weighted by Gasteiger charge is 2.27. The minimum atomic E-state index is -0.159. The van der Waals surface area contributed by atoms with Gasteiger partial charge in [-0.1, -0.05) is 6.07 Å². The summed E-state index contributed by atoms with van der Waals surface area (Å²) in [5.41, 5.74) is 2.82. The van der Waals surface area contributed by atoms with Crippen LogP contribution < -0.4 is 11.0 Å². The number of rotatable bonds is 5. The number of morpholine rings is 1. The van der Waals surface area contributed by atoms with Gasteiger partial charge in [0.15, 0.2) is 0 Å². The number of aromatic nitrogens is 2. The molecule has 3 N–H and O–H groups in total. The standard InChI is InChI=1S/C16H24N4O2/c1-16(2,20-5-7-22-8-6-20)11-17-10-12-3-4-13-14(9-12)19-15(21)18-13/h3-4,9,17H,5-8,10-11H2,1-2H3,(H2,18,19,21). The summed E-state index contributed by atoms with van der Waals surface area (Å²) in [5.74, 6) is 0. The van der Waals surface area contributed by atoms with E-state index in [0.29, 0.717) is 0 Å². The SMILES string of the molecule is CC(C)(CNCc1ccc2[nH]c(=O)[nH]c2c1)N1CCOCC1. The van der Waals surface area contributed by atoms with E-state index in [1.807, 2.05) is 18.2 Å². The Morgan fingerprint density at radius 2 is 1.95 bits per heavy atom. The third-order valence-electron chi connectivity index (χ3n) is 4.33. The van der Waals surface area contributed by atoms with Crippen LogP contribution in [0.3, 0.4) is 0 Å². The van der Waals surface area contributed by atoms with Gasteiger partial charge in [0.1, 0.15) is 0 Å². The number of ether oxygens (including phenoxy) is 1. The fourth-order valence-corrected chi connectivity index (χ4v) is 2.98. The molecule has 2 heterocycles. The third-order valence-corrected chi connectivity index (χ3v) is 4.33. The Morgan fingerprint density at radius 1 is 1.23 bits per heavy atom. The molecule has 6 heteroatoms. The van der Waals surface area contributed by atoms with Crippen LogP contribution in [0.4, 0.5) is 0 Å². The van der Waals surface area contributed by atoms with Gasteiger partial charge in [0.2, 0.25) is 0 Å². The molecule has 1 aliphatic heterocycles. The van der Waals surface area contributed by atoms with Gasteiger partial charge in [0.25, 0.3) is 0 Å². The zero-order chi connectivity index (χ0) is 15.6. The van der Waals surface area contributed by atoms with Gasteiger partial charge in [-0.3, -0.25) is 4.90 Å². The number of nitrogens with zero attached hydrogens (tertiary/aromatic N) is 1. The molecule has 0 amide bonds. The van der Waals surface area contributed by atoms with Gasteiger partial charge < -0.3 is 20.0 Å². The molecule has 3 rings (SSSR count). The molecule has 0 bridgehead atoms. The maximum Gasteiger partial charge on any atom is 0.323 e. The van der Waals surface area contributed by atoms with Crippen molar-refractivity contribution in [2.24, 2.45) is 0 Å². The van der Waals surface area contributed by atoms with E-state index in [9.17, 15) is 4.79 Å². The molecule has 22 heavy (non-hydrogen) atoms. The number of imidazole rings is 1. The highest BCUT2D eigenvalue weighted by atomic mass is 16.5. The summed E-state index contributed by atoms with van der Waals surface area (Å²) in [6, 6.07) is 6.00. The molecule has 120 valence electrons. The Kier molecular flexibility index (Phi) is 4.33. The van der Waals surface area contributed by atoms with Crippen molar-refractivity contribution >= 4 is 11.0 Å². The number of hydrogen-bond acceptors (Lipinski definition) is 4. The first-order chi connectivity index (χ1) is 10.5. The smallest absolute Gasteiger partial charge is 0.323 e. The summed E-state index contributed by atoms with van der Waals surface area (Å²) in [5, 5.41) is 3.53. The molecule has 0 spiro atoms. The zero-order valence-corrected chi connectivity index (χ0v) is 13.2. The Hall–Kier alpha value is -1.63. The van der Waals surface area contributed by atoms with Crippen molar-refractivity contribution in [3.8, 4) is 0 Å². The van der Waals surface area contributed by atoms with Crippen molar-refractivity contribution in [1.29, 1.82) is 0 Å². The number of benzene rings is 1. The van der Waals surface area contributed by atoms with E-state index in [1.165, 1.54) is 5.56 Å². The number of aromatic amines is 2. The van der Waals surface area contributed by atoms with E-state index in [-0.39, 0.29) is 11.2 Å². The molecule has 0 radical (unpaired) electrons. The Bertz CT molecular complexity index is 683. The van der Waals surface area contributed by atoms with Crippen LogP contribution in [0.2, 0.25) is 0 Å². The number of hydrogen-bond donors (Lipinski definition) is 3. The lowest BCUT2D eigenvalue weighted by Gasteiger charge is -2.41. The van der Waals surface area contributed by atoms with Gasteiger partial charge in [0, 0.05) is 31.7 Å². The van der Waals surface area contributed by atoms with Crippen LogP contribution in [0.25, 0.3) is 11.0 Å². The summed E-state index contributed by atoms with van der Waals surface area (Å²) in [6.45, 7) is 9.85. The number of fused-ring (bicyclic) bond motifs is 1. The minimum Gasteiger partial charge on any atom is -0.379 e. The summed E-state index contributed by atoms with van der Waals surface area (Å²) < 4.78 is 5.42. The van der Waals surface area contributed by atoms with E-state index >= 15 is 0 Å². The third kappa shape index (κ3) is 3.40. The monoisotopic (exact) mass is 304 g/mol. The molecule has 0 saturated carbocycles. The lowest BCUT2D eigenvalue weighted by Crippen LogP contribution is -2.54. The molecular formula is C16H24N4O2. The first-order valence-electron chi connectivity index (χ1n) is 7.79. The van der Waals surface area contributed by atoms with Crippen molar-refractivity contribution in [2.45, 2.75) is 25.9 Å². The van der Waals surface area contributed by atoms with Gasteiger partial charge in [-0.15, -0.1) is 0 Å². The topological polar surface area (TPSA) is 73.2 Å². The number of nitrogens with one attached hydrogen (secondary N) is 3. The summed E-state index contributed by atoms with van der Waals surface area (Å²) in [7, 11) is 0. The highest BCUT2D eigenvalue weighted by Crippen LogP contribution is 2.16. The lowest BCUT2D eigenvalue weighted by molar-refractivity contribution is -0.00966. The van der Waals surface area contributed by atoms with Crippen molar-refractivity contribution in [3.63, 3.8) is 0 Å². The minimum absolute atomic E-state index is 0.107. The Morgan fingerprint density at radius 3 is 2.73 bits per heavy atom. The maximum atomic E-state index is 11.3. The van der Waals surface area contributed by atoms with Crippen LogP contribution in [0.15, 0.2) is 23.0 Å². The lowest BCUT2D eigenvalue weighted by atomic mass is 10.0. The second-order valence-electron chi connectivity index (χ2n) is 6.47. The first-order valence-corrected chi connectivity index (χ1v) is 7.79. The van der Waals surface area contributed by atoms with Crippen molar-refractivity contribution in [3.05, 3.63) is 34.2 Å². The molecule has 1 saturated heterocycles. The van der Waals surface area contributed by atoms with Crippen molar-refractivity contribution in [1.82, 2.24) is 20.2 Å². The van der Waals surface area contributed by atoms with Crippen LogP contribution in [-0.4, -0.2) is 53.3 Å². The van der Waals surface area contributed by atoms with E-state index in [4.69, 9.17) is 4.74 Å². The molecule has 6 nitrogen and oxygen atoms in total. The molecule has 0 atom stereocenters. The summed E-state index contributed by atoms with van der Waals surface area (Å²) in [6.07, 6.45) is 0. The van der Waals surface area contributed by atoms with Crippen molar-refractivity contribution < 1.29 is 4.74 Å². The van der Waals surface area contributed by atoms with Gasteiger partial charge in [-0.2, -0.15) is 0 Å². The largest absolute Gasteiger partial charge is 0.379 e. The Labute approximate surface area is 129 Å². The second kappa shape index (κ2) is 6.24. The second-order valence-corrected chi connectivity index (χ2v) is 6.47. The van der Waals surface area contributed by atoms with Gasteiger partial charge in [0.05, 0.1) is 24.2 Å². The normalized spacial score (nSPS) is 17.2. The molecule has 0 unspecified atom stereocenters. The van der Waals surface area contributed by atoms with Crippen LogP contribution in [-0.2, 0) is 11.3 Å². The predicted octanol–water partition coefficient (Wildman–Crippen LogP) is 1.06. The van der Waals surface area contributed by atoms with Crippen LogP contribution >= 0.6 is 0 Å². The zero-order valence-electron chi connectivity index (χ0n) is 13.2. The van der Waals surface area contributed by atoms with E-state index < -0.39 is 0 Å². The van der Waals surface area contributed by atoms with E-state index in [0.717, 1.165) is 50.4 Å². The van der Waals surface area contributed by atoms with Crippen LogP contribution in [0.1, 0.15) is 19.4 Å². The first kappa shape index (κ1) is 15.3. The fraction of sp³-hybridized carbons (Fsp3) is 0.562. The molecule has 2 aromatic rings. The fourth-order valence-electron chi connectivity index (χ4n) is 2.98. The van der Waals surface area contributed by atoms with E-state index in [1.54, 1.807) is 0 Å².